The van der Waals surface area contributed by atoms with Crippen molar-refractivity contribution in [2.45, 2.75) is 162 Å². The van der Waals surface area contributed by atoms with Crippen LogP contribution in [0.2, 0.25) is 0 Å². The summed E-state index contributed by atoms with van der Waals surface area (Å²) >= 11 is 4.52. The number of thioether (sulfide) groups is 5. The van der Waals surface area contributed by atoms with Gasteiger partial charge in [0.15, 0.2) is 0 Å². The first-order valence-electron chi connectivity index (χ1n) is 36.7. The molecule has 0 aromatic heterocycles. The van der Waals surface area contributed by atoms with E-state index in [1.165, 1.54) is 26.8 Å². The summed E-state index contributed by atoms with van der Waals surface area (Å²) in [4.78, 5) is 199. The molecule has 632 valence electrons. The number of rotatable bonds is 39. The third-order valence-corrected chi connectivity index (χ3v) is 19.1. The molecule has 116 heavy (non-hydrogen) atoms. The van der Waals surface area contributed by atoms with Gasteiger partial charge in [-0.3, -0.25) is 81.5 Å². The summed E-state index contributed by atoms with van der Waals surface area (Å²) in [5, 5.41) is 24.5. The van der Waals surface area contributed by atoms with Crippen LogP contribution in [0, 0.1) is 0 Å². The number of carbonyl (C=O) groups excluding carboxylic acids is 17. The first kappa shape index (κ1) is 103. The summed E-state index contributed by atoms with van der Waals surface area (Å²) in [5.74, 6) is -5.93. The van der Waals surface area contributed by atoms with Gasteiger partial charge in [0.25, 0.3) is 55.7 Å². The van der Waals surface area contributed by atoms with Gasteiger partial charge >= 0.3 is 11.9 Å². The molecule has 5 aromatic rings. The molecule has 0 saturated carbocycles. The smallest absolute Gasteiger partial charge is 0.325 e. The zero-order valence-corrected chi connectivity index (χ0v) is 70.0. The molecule has 5 aromatic carbocycles. The highest BCUT2D eigenvalue weighted by Gasteiger charge is 2.23. The van der Waals surface area contributed by atoms with E-state index < -0.39 is 82.5 Å². The van der Waals surface area contributed by atoms with Gasteiger partial charge in [0.1, 0.15) is 24.7 Å². The molecule has 0 aliphatic heterocycles. The maximum atomic E-state index is 12.2. The van der Waals surface area contributed by atoms with E-state index in [1.807, 2.05) is 13.8 Å². The van der Waals surface area contributed by atoms with Gasteiger partial charge in [-0.05, 0) is 173 Å². The fraction of sp³-hybridized carbons (Fsp3) is 0.390. The molecule has 0 bridgehead atoms. The third kappa shape index (κ3) is 45.7. The second kappa shape index (κ2) is 60.4. The van der Waals surface area contributed by atoms with Crippen LogP contribution in [0.3, 0.4) is 0 Å². The molecule has 39 heteroatoms. The minimum absolute atomic E-state index is 0.0371. The van der Waals surface area contributed by atoms with E-state index in [4.69, 9.17) is 38.1 Å². The van der Waals surface area contributed by atoms with Crippen LogP contribution in [-0.4, -0.2) is 174 Å². The molecule has 0 fully saturated rings. The number of nitrogens with two attached hydrogens (primary N) is 5. The molecular formula is C77H105N15O19S5. The number of ether oxygens (including phenoxy) is 2. The van der Waals surface area contributed by atoms with E-state index in [9.17, 15) is 81.5 Å². The van der Waals surface area contributed by atoms with Crippen molar-refractivity contribution < 1.29 is 91.0 Å². The maximum absolute atomic E-state index is 12.2. The SMILES string of the molecule is CCCCCNC(=O)Sc1ccccc1C(=O)N[C@H](C)C(N)=O.CCCCNC(=O)Sc1ccccc1C(=O)NCCC(N)=O.CCCCNC(=O)Sc1ccccc1C(=O)N[C@H](C)C(N)=O.CCOC(=O)CCNC(=O)Sc1ccccc1C(=O)NCCC(N)=O.CCOC(=O)CNC(=O)Sc1ccccc1C(=O)N[C@@H](C)C(N)=O. The van der Waals surface area contributed by atoms with Gasteiger partial charge in [-0.1, -0.05) is 107 Å². The Bertz CT molecular complexity index is 4100. The molecule has 0 radical (unpaired) electrons. The van der Waals surface area contributed by atoms with Gasteiger partial charge in [-0.15, -0.1) is 0 Å². The van der Waals surface area contributed by atoms with Crippen LogP contribution in [0.4, 0.5) is 24.0 Å². The predicted molar refractivity (Wildman–Crippen MR) is 446 cm³/mol. The third-order valence-electron chi connectivity index (χ3n) is 14.5. The minimum atomic E-state index is -0.840. The van der Waals surface area contributed by atoms with Crippen molar-refractivity contribution in [1.82, 2.24) is 53.2 Å². The van der Waals surface area contributed by atoms with Crippen LogP contribution in [0.5, 0.6) is 0 Å². The Morgan fingerprint density at radius 1 is 0.302 bits per heavy atom. The lowest BCUT2D eigenvalue weighted by molar-refractivity contribution is -0.143. The second-order valence-corrected chi connectivity index (χ2v) is 29.1. The fourth-order valence-corrected chi connectivity index (χ4v) is 12.3. The fourth-order valence-electron chi connectivity index (χ4n) is 8.38. The van der Waals surface area contributed by atoms with Gasteiger partial charge in [0.05, 0.1) is 47.5 Å². The normalized spacial score (nSPS) is 10.9. The number of unbranched alkanes of at least 4 members (excludes halogenated alkanes) is 4. The van der Waals surface area contributed by atoms with E-state index in [2.05, 4.69) is 60.1 Å². The lowest BCUT2D eigenvalue weighted by atomic mass is 10.2. The van der Waals surface area contributed by atoms with Crippen LogP contribution in [0.1, 0.15) is 171 Å². The molecule has 20 N–H and O–H groups in total. The van der Waals surface area contributed by atoms with Crippen molar-refractivity contribution >= 4 is 156 Å². The molecule has 34 nitrogen and oxygen atoms in total. The minimum Gasteiger partial charge on any atom is -0.466 e. The van der Waals surface area contributed by atoms with Crippen molar-refractivity contribution in [3.8, 4) is 0 Å². The number of carbonyl (C=O) groups is 17. The Morgan fingerprint density at radius 3 is 0.828 bits per heavy atom. The van der Waals surface area contributed by atoms with Crippen LogP contribution < -0.4 is 81.8 Å². The Hall–Kier alpha value is -11.2. The summed E-state index contributed by atoms with van der Waals surface area (Å²) < 4.78 is 9.46. The van der Waals surface area contributed by atoms with E-state index in [0.717, 1.165) is 104 Å². The standard InChI is InChI=1S/C16H21N3O5S.C16H23N3O3S.C15H19N3O5S.2C15H21N3O3S/c1-2-24-14(21)8-10-19-16(23)25-12-6-4-3-5-11(12)15(22)18-9-7-13(17)20;1-3-4-7-10-18-16(22)23-13-9-6-5-8-12(13)15(21)19-11(2)14(17)20;1-3-23-12(19)8-17-15(22)24-11-7-5-4-6-10(11)14(21)18-9(2)13(16)20;1-3-4-9-17-15(21)22-12-8-6-5-7-11(12)14(20)18-10(2)13(16)19;1-2-3-9-18-15(21)22-12-7-5-4-6-11(12)14(20)17-10-8-13(16)19/h3-6H,2,7-10H2,1H3,(H2,17,20)(H,18,22)(H,19,23);5-6,8-9,11H,3-4,7,10H2,1-2H3,(H2,17,20)(H,18,22)(H,19,21);4-7,9H,3,8H2,1-2H3,(H2,16,20)(H,17,22)(H,18,21);5-8,10H,3-4,9H2,1-2H3,(H2,16,19)(H,17,21)(H,18,20);4-7H,2-3,8-10H2,1H3,(H2,16,19)(H,17,20)(H,18,21)/t;11-;9-;10-;/m.101./s1. The largest absolute Gasteiger partial charge is 0.466 e. The molecule has 5 rings (SSSR count). The van der Waals surface area contributed by atoms with Crippen molar-refractivity contribution in [3.63, 3.8) is 0 Å². The molecule has 0 unspecified atom stereocenters. The number of hydrogen-bond donors (Lipinski definition) is 15. The number of benzene rings is 5. The zero-order chi connectivity index (χ0) is 86.9. The van der Waals surface area contributed by atoms with Crippen LogP contribution in [0.25, 0.3) is 0 Å². The summed E-state index contributed by atoms with van der Waals surface area (Å²) in [6.07, 6.45) is 7.11. The average molecular weight is 1710 g/mol. The summed E-state index contributed by atoms with van der Waals surface area (Å²) in [6, 6.07) is 30.9. The number of primary amides is 5. The molecule has 0 spiro atoms. The van der Waals surface area contributed by atoms with Gasteiger partial charge in [-0.2, -0.15) is 0 Å². The lowest BCUT2D eigenvalue weighted by Crippen LogP contribution is -2.42. The highest BCUT2D eigenvalue weighted by atomic mass is 32.2. The van der Waals surface area contributed by atoms with E-state index in [-0.39, 0.29) is 90.4 Å². The molecule has 0 heterocycles. The number of hydrogen-bond acceptors (Lipinski definition) is 24. The molecule has 0 aliphatic rings. The van der Waals surface area contributed by atoms with E-state index in [1.54, 1.807) is 129 Å². The Kier molecular flexibility index (Phi) is 53.6. The molecule has 0 saturated heterocycles. The highest BCUT2D eigenvalue weighted by molar-refractivity contribution is 8.14. The lowest BCUT2D eigenvalue weighted by Gasteiger charge is -2.12. The Morgan fingerprint density at radius 2 is 0.552 bits per heavy atom. The topological polar surface area (TPSA) is 559 Å². The summed E-state index contributed by atoms with van der Waals surface area (Å²) in [7, 11) is 0. The average Bonchev–Trinajstić information content (AvgIpc) is 0.855. The molecule has 15 amide bonds. The van der Waals surface area contributed by atoms with Crippen molar-refractivity contribution in [1.29, 1.82) is 0 Å². The maximum Gasteiger partial charge on any atom is 0.325 e. The first-order valence-corrected chi connectivity index (χ1v) is 40.8. The second-order valence-electron chi connectivity index (χ2n) is 24.0. The van der Waals surface area contributed by atoms with Gasteiger partial charge < -0.3 is 91.3 Å². The number of esters is 2. The van der Waals surface area contributed by atoms with Gasteiger partial charge in [0.2, 0.25) is 29.5 Å². The van der Waals surface area contributed by atoms with E-state index >= 15 is 0 Å². The Labute approximate surface area is 695 Å². The van der Waals surface area contributed by atoms with Gasteiger partial charge in [0, 0.05) is 76.6 Å². The van der Waals surface area contributed by atoms with Crippen LogP contribution >= 0.6 is 58.8 Å². The van der Waals surface area contributed by atoms with Crippen LogP contribution in [0.15, 0.2) is 146 Å². The first-order chi connectivity index (χ1) is 55.2. The number of nitrogens with one attached hydrogen (secondary N) is 10. The van der Waals surface area contributed by atoms with Crippen molar-refractivity contribution in [2.75, 3.05) is 59.0 Å². The quantitative estimate of drug-likeness (QED) is 0.0101. The summed E-state index contributed by atoms with van der Waals surface area (Å²) in [5.41, 5.74) is 27.0. The van der Waals surface area contributed by atoms with Crippen LogP contribution in [-0.2, 0) is 43.0 Å². The van der Waals surface area contributed by atoms with E-state index in [0.29, 0.717) is 73.0 Å². The molecule has 3 atom stereocenters. The monoisotopic (exact) mass is 1700 g/mol. The number of amides is 15. The zero-order valence-electron chi connectivity index (χ0n) is 65.9. The Balaban J connectivity index is 0.000000726. The van der Waals surface area contributed by atoms with Gasteiger partial charge in [-0.25, -0.2) is 0 Å². The summed E-state index contributed by atoms with van der Waals surface area (Å²) in [6.45, 7) is 16.6. The van der Waals surface area contributed by atoms with Crippen molar-refractivity contribution in [2.24, 2.45) is 28.7 Å². The highest BCUT2D eigenvalue weighted by Crippen LogP contribution is 2.28. The molecular weight excluding hydrogens is 1600 g/mol. The molecule has 0 aliphatic carbocycles. The predicted octanol–water partition coefficient (Wildman–Crippen LogP) is 7.77. The van der Waals surface area contributed by atoms with Crippen molar-refractivity contribution in [3.05, 3.63) is 149 Å².